The molecule has 1 fully saturated rings. The summed E-state index contributed by atoms with van der Waals surface area (Å²) in [7, 11) is 1.58. The van der Waals surface area contributed by atoms with Crippen molar-refractivity contribution in [1.29, 1.82) is 0 Å². The van der Waals surface area contributed by atoms with Crippen LogP contribution in [-0.4, -0.2) is 47.0 Å². The van der Waals surface area contributed by atoms with Gasteiger partial charge in [-0.15, -0.1) is 11.8 Å². The highest BCUT2D eigenvalue weighted by molar-refractivity contribution is 8.00. The van der Waals surface area contributed by atoms with Gasteiger partial charge in [0.25, 0.3) is 5.91 Å². The predicted molar refractivity (Wildman–Crippen MR) is 116 cm³/mol. The molecular weight excluding hydrogens is 416 g/mol. The van der Waals surface area contributed by atoms with Crippen LogP contribution in [0.2, 0.25) is 0 Å². The van der Waals surface area contributed by atoms with E-state index >= 15 is 0 Å². The van der Waals surface area contributed by atoms with Crippen LogP contribution in [0.5, 0.6) is 5.75 Å². The summed E-state index contributed by atoms with van der Waals surface area (Å²) in [6.45, 7) is 0.0945. The summed E-state index contributed by atoms with van der Waals surface area (Å²) >= 11 is 1.51. The molecule has 1 unspecified atom stereocenters. The molecule has 0 saturated carbocycles. The molecule has 0 spiro atoms. The number of β-lactam (4-membered cyclic amide) rings is 1. The van der Waals surface area contributed by atoms with Gasteiger partial charge in [-0.1, -0.05) is 42.5 Å². The van der Waals surface area contributed by atoms with E-state index in [1.165, 1.54) is 16.7 Å². The zero-order valence-corrected chi connectivity index (χ0v) is 17.8. The van der Waals surface area contributed by atoms with Crippen molar-refractivity contribution in [3.8, 4) is 5.75 Å². The van der Waals surface area contributed by atoms with Gasteiger partial charge in [-0.2, -0.15) is 0 Å². The lowest BCUT2D eigenvalue weighted by molar-refractivity contribution is -0.153. The zero-order valence-electron chi connectivity index (χ0n) is 16.9. The molecule has 2 aliphatic rings. The molecule has 0 aromatic heterocycles. The van der Waals surface area contributed by atoms with Crippen LogP contribution in [0.15, 0.2) is 66.4 Å². The number of nitrogens with one attached hydrogen (secondary N) is 1. The summed E-state index contributed by atoms with van der Waals surface area (Å²) in [4.78, 5) is 39.0. The van der Waals surface area contributed by atoms with E-state index in [4.69, 9.17) is 9.47 Å². The molecule has 2 amide bonds. The molecule has 2 aliphatic heterocycles. The van der Waals surface area contributed by atoms with Gasteiger partial charge in [0.1, 0.15) is 29.5 Å². The number of fused-ring (bicyclic) bond motifs is 1. The van der Waals surface area contributed by atoms with E-state index in [0.717, 1.165) is 16.9 Å². The molecule has 2 heterocycles. The highest BCUT2D eigenvalue weighted by Crippen LogP contribution is 2.37. The lowest BCUT2D eigenvalue weighted by atomic mass is 10.0. The summed E-state index contributed by atoms with van der Waals surface area (Å²) in [6.07, 6.45) is 1.89. The van der Waals surface area contributed by atoms with Crippen LogP contribution >= 0.6 is 11.8 Å². The maximum Gasteiger partial charge on any atom is 0.355 e. The van der Waals surface area contributed by atoms with E-state index in [-0.39, 0.29) is 35.9 Å². The highest BCUT2D eigenvalue weighted by Gasteiger charge is 2.52. The molecule has 7 nitrogen and oxygen atoms in total. The first-order valence-electron chi connectivity index (χ1n) is 9.85. The van der Waals surface area contributed by atoms with E-state index in [2.05, 4.69) is 5.32 Å². The molecule has 0 bridgehead atoms. The number of rotatable bonds is 7. The van der Waals surface area contributed by atoms with Crippen LogP contribution in [0.4, 0.5) is 0 Å². The minimum absolute atomic E-state index is 0.0945. The summed E-state index contributed by atoms with van der Waals surface area (Å²) in [5.74, 6) is 0.209. The van der Waals surface area contributed by atoms with Gasteiger partial charge < -0.3 is 14.8 Å². The fourth-order valence-corrected chi connectivity index (χ4v) is 4.67. The average molecular weight is 439 g/mol. The third-order valence-electron chi connectivity index (χ3n) is 5.11. The number of nitrogens with zero attached hydrogens (tertiary/aromatic N) is 1. The number of amides is 2. The minimum atomic E-state index is -0.640. The summed E-state index contributed by atoms with van der Waals surface area (Å²) in [5, 5.41) is 2.49. The monoisotopic (exact) mass is 438 g/mol. The largest absolute Gasteiger partial charge is 0.497 e. The van der Waals surface area contributed by atoms with Crippen molar-refractivity contribution in [2.24, 2.45) is 0 Å². The average Bonchev–Trinajstić information content (AvgIpc) is 2.81. The number of benzene rings is 2. The van der Waals surface area contributed by atoms with Crippen molar-refractivity contribution in [2.45, 2.75) is 24.4 Å². The Balaban J connectivity index is 1.33. The number of hydrogen-bond acceptors (Lipinski definition) is 6. The Hall–Kier alpha value is -3.26. The second kappa shape index (κ2) is 9.26. The molecule has 0 radical (unpaired) electrons. The van der Waals surface area contributed by atoms with Crippen molar-refractivity contribution < 1.29 is 23.9 Å². The normalized spacial score (nSPS) is 19.6. The number of esters is 1. The third-order valence-corrected chi connectivity index (χ3v) is 6.29. The Kier molecular flexibility index (Phi) is 6.27. The number of carbonyl (C=O) groups is 3. The smallest absolute Gasteiger partial charge is 0.355 e. The first-order chi connectivity index (χ1) is 15.1. The fourth-order valence-electron chi connectivity index (χ4n) is 3.48. The number of carbonyl (C=O) groups excluding carboxylic acids is 3. The molecule has 2 aromatic carbocycles. The lowest BCUT2D eigenvalue weighted by Crippen LogP contribution is -2.70. The highest BCUT2D eigenvalue weighted by atomic mass is 32.2. The maximum absolute atomic E-state index is 12.7. The maximum atomic E-state index is 12.7. The minimum Gasteiger partial charge on any atom is -0.497 e. The van der Waals surface area contributed by atoms with Crippen molar-refractivity contribution >= 4 is 29.5 Å². The van der Waals surface area contributed by atoms with Gasteiger partial charge in [0.05, 0.1) is 13.5 Å². The Bertz CT molecular complexity index is 1010. The molecular formula is C23H22N2O5S. The Morgan fingerprint density at radius 3 is 2.55 bits per heavy atom. The van der Waals surface area contributed by atoms with Gasteiger partial charge >= 0.3 is 5.97 Å². The van der Waals surface area contributed by atoms with E-state index < -0.39 is 12.0 Å². The number of methoxy groups -OCH3 is 1. The van der Waals surface area contributed by atoms with Crippen molar-refractivity contribution in [3.63, 3.8) is 0 Å². The van der Waals surface area contributed by atoms with Gasteiger partial charge in [0.15, 0.2) is 0 Å². The van der Waals surface area contributed by atoms with Gasteiger partial charge in [0.2, 0.25) is 5.91 Å². The van der Waals surface area contributed by atoms with Crippen LogP contribution in [-0.2, 0) is 32.1 Å². The summed E-state index contributed by atoms with van der Waals surface area (Å²) in [6, 6.07) is 15.9. The standard InChI is InChI=1S/C23H22N2O5S/c1-29-17-9-7-16(8-10-17)14-30-23(28)18-11-12-31-22-20(21(27)25(18)22)24-19(26)13-15-5-3-2-4-6-15/h2-11,20,22H,12-14H2,1H3,(H,24,26)/t20?,22-/m1/s1. The Morgan fingerprint density at radius 1 is 1.10 bits per heavy atom. The molecule has 31 heavy (non-hydrogen) atoms. The van der Waals surface area contributed by atoms with E-state index in [9.17, 15) is 14.4 Å². The molecule has 8 heteroatoms. The van der Waals surface area contributed by atoms with Crippen LogP contribution in [0, 0.1) is 0 Å². The third kappa shape index (κ3) is 4.59. The Morgan fingerprint density at radius 2 is 1.84 bits per heavy atom. The van der Waals surface area contributed by atoms with Gasteiger partial charge in [-0.05, 0) is 29.3 Å². The van der Waals surface area contributed by atoms with Crippen LogP contribution in [0.1, 0.15) is 11.1 Å². The lowest BCUT2D eigenvalue weighted by Gasteiger charge is -2.48. The number of ether oxygens (including phenoxy) is 2. The van der Waals surface area contributed by atoms with Crippen LogP contribution in [0.3, 0.4) is 0 Å². The molecule has 1 saturated heterocycles. The predicted octanol–water partition coefficient (Wildman–Crippen LogP) is 2.26. The SMILES string of the molecule is COc1ccc(COC(=O)C2=CCS[C@@H]3C(NC(=O)Cc4ccccc4)C(=O)N23)cc1. The van der Waals surface area contributed by atoms with Crippen molar-refractivity contribution in [3.05, 3.63) is 77.5 Å². The van der Waals surface area contributed by atoms with Gasteiger partial charge in [-0.3, -0.25) is 14.5 Å². The first kappa shape index (κ1) is 21.0. The van der Waals surface area contributed by atoms with E-state index in [0.29, 0.717) is 5.75 Å². The Labute approximate surface area is 184 Å². The van der Waals surface area contributed by atoms with Gasteiger partial charge in [0, 0.05) is 5.75 Å². The molecule has 160 valence electrons. The van der Waals surface area contributed by atoms with Crippen LogP contribution in [0.25, 0.3) is 0 Å². The summed E-state index contributed by atoms with van der Waals surface area (Å²) in [5.41, 5.74) is 1.93. The first-order valence-corrected chi connectivity index (χ1v) is 10.9. The second-order valence-corrected chi connectivity index (χ2v) is 8.30. The molecule has 2 aromatic rings. The fraction of sp³-hybridized carbons (Fsp3) is 0.261. The number of thioether (sulfide) groups is 1. The zero-order chi connectivity index (χ0) is 21.8. The van der Waals surface area contributed by atoms with Crippen LogP contribution < -0.4 is 10.1 Å². The van der Waals surface area contributed by atoms with E-state index in [1.54, 1.807) is 25.3 Å². The number of hydrogen-bond donors (Lipinski definition) is 1. The quantitative estimate of drug-likeness (QED) is 0.527. The molecule has 2 atom stereocenters. The summed E-state index contributed by atoms with van der Waals surface area (Å²) < 4.78 is 10.5. The van der Waals surface area contributed by atoms with Crippen molar-refractivity contribution in [1.82, 2.24) is 10.2 Å². The van der Waals surface area contributed by atoms with Crippen molar-refractivity contribution in [2.75, 3.05) is 12.9 Å². The second-order valence-electron chi connectivity index (χ2n) is 7.15. The van der Waals surface area contributed by atoms with E-state index in [1.807, 2.05) is 42.5 Å². The molecule has 1 N–H and O–H groups in total. The topological polar surface area (TPSA) is 84.9 Å². The molecule has 0 aliphatic carbocycles. The van der Waals surface area contributed by atoms with Gasteiger partial charge in [-0.25, -0.2) is 4.79 Å². The molecule has 4 rings (SSSR count).